The zero-order chi connectivity index (χ0) is 35.8. The van der Waals surface area contributed by atoms with Crippen molar-refractivity contribution in [1.29, 1.82) is 0 Å². The van der Waals surface area contributed by atoms with Gasteiger partial charge in [-0.15, -0.1) is 0 Å². The summed E-state index contributed by atoms with van der Waals surface area (Å²) in [5.74, 6) is -0.845. The first kappa shape index (κ1) is 36.6. The Hall–Kier alpha value is -4.71. The summed E-state index contributed by atoms with van der Waals surface area (Å²) in [4.78, 5) is 58.5. The Kier molecular flexibility index (Phi) is 11.9. The van der Waals surface area contributed by atoms with Gasteiger partial charge >= 0.3 is 18.0 Å². The predicted molar refractivity (Wildman–Crippen MR) is 187 cm³/mol. The van der Waals surface area contributed by atoms with Gasteiger partial charge in [-0.3, -0.25) is 9.69 Å². The van der Waals surface area contributed by atoms with E-state index in [2.05, 4.69) is 10.6 Å². The molecule has 0 bridgehead atoms. The van der Waals surface area contributed by atoms with Crippen molar-refractivity contribution in [3.05, 3.63) is 54.6 Å². The highest BCUT2D eigenvalue weighted by Gasteiger charge is 2.49. The van der Waals surface area contributed by atoms with E-state index in [1.54, 1.807) is 27.9 Å². The minimum absolute atomic E-state index is 0.127. The van der Waals surface area contributed by atoms with Crippen LogP contribution in [0.5, 0.6) is 11.5 Å². The third kappa shape index (κ3) is 9.50. The maximum Gasteiger partial charge on any atom is 0.408 e. The number of aromatic nitrogens is 1. The van der Waals surface area contributed by atoms with Crippen molar-refractivity contribution in [2.45, 2.75) is 108 Å². The zero-order valence-corrected chi connectivity index (χ0v) is 29.3. The van der Waals surface area contributed by atoms with Crippen molar-refractivity contribution in [1.82, 2.24) is 15.6 Å². The summed E-state index contributed by atoms with van der Waals surface area (Å²) < 4.78 is 17.6. The van der Waals surface area contributed by atoms with E-state index >= 15 is 0 Å². The Labute approximate surface area is 292 Å². The van der Waals surface area contributed by atoms with Crippen LogP contribution in [0.25, 0.3) is 22.2 Å². The molecule has 5 atom stereocenters. The van der Waals surface area contributed by atoms with Gasteiger partial charge < -0.3 is 30.0 Å². The lowest BCUT2D eigenvalue weighted by molar-refractivity contribution is -0.825. The number of carboxylic acid groups (broad SMARTS) is 1. The number of fused-ring (bicyclic) bond motifs is 2. The minimum Gasteiger partial charge on any atom is -0.497 e. The van der Waals surface area contributed by atoms with Crippen molar-refractivity contribution >= 4 is 34.8 Å². The van der Waals surface area contributed by atoms with Crippen LogP contribution in [0, 0.1) is 0 Å². The number of alkyl carbamates (subject to hydrolysis) is 1. The standard InChI is InChI=1S/C38H48N4O8/c1-38(2,3)50-37(47)41-28-16-12-7-5-6-8-13-17-29(36(45)46)40-34(43)32-21-26(23-42(32)35(28)44)49-33-22-30(24-14-10-9-11-15-24)39-31-20-25(48-4)18-19-27(31)33/h9-11,14-15,18-20,22,26,28-29,32H,5-8,12-13,16-17,21,23H2,1-4H3,(H,40,43)(H,41,47)(H,45,46)/p+1/t26-,28+,29-,32?/m1/s1. The first-order chi connectivity index (χ1) is 23.9. The number of amides is 3. The van der Waals surface area contributed by atoms with Crippen LogP contribution in [0.1, 0.15) is 78.6 Å². The molecule has 268 valence electrons. The first-order valence-electron chi connectivity index (χ1n) is 17.6. The number of hydrogen-bond acceptors (Lipinski definition) is 8. The van der Waals surface area contributed by atoms with E-state index in [1.807, 2.05) is 54.6 Å². The molecule has 4 N–H and O–H groups in total. The number of carboxylic acids is 1. The van der Waals surface area contributed by atoms with E-state index in [0.29, 0.717) is 53.3 Å². The molecule has 2 fully saturated rings. The lowest BCUT2D eigenvalue weighted by Gasteiger charge is -2.26. The van der Waals surface area contributed by atoms with E-state index in [-0.39, 0.29) is 18.9 Å². The highest BCUT2D eigenvalue weighted by atomic mass is 16.6. The fourth-order valence-corrected chi connectivity index (χ4v) is 6.72. The third-order valence-electron chi connectivity index (χ3n) is 9.20. The van der Waals surface area contributed by atoms with Gasteiger partial charge in [0.1, 0.15) is 35.7 Å². The molecule has 2 aliphatic rings. The van der Waals surface area contributed by atoms with Crippen LogP contribution in [0.4, 0.5) is 4.79 Å². The molecule has 2 aromatic carbocycles. The molecule has 3 heterocycles. The van der Waals surface area contributed by atoms with E-state index in [9.17, 15) is 24.3 Å². The third-order valence-corrected chi connectivity index (χ3v) is 9.20. The average molecular weight is 690 g/mol. The van der Waals surface area contributed by atoms with Gasteiger partial charge in [0.2, 0.25) is 0 Å². The summed E-state index contributed by atoms with van der Waals surface area (Å²) in [5.41, 5.74) is 1.45. The van der Waals surface area contributed by atoms with Gasteiger partial charge in [-0.25, -0.2) is 19.4 Å². The maximum atomic E-state index is 14.4. The summed E-state index contributed by atoms with van der Waals surface area (Å²) in [7, 11) is 1.59. The summed E-state index contributed by atoms with van der Waals surface area (Å²) in [6.07, 6.45) is 4.43. The Morgan fingerprint density at radius 2 is 1.66 bits per heavy atom. The van der Waals surface area contributed by atoms with E-state index in [1.165, 1.54) is 0 Å². The summed E-state index contributed by atoms with van der Waals surface area (Å²) in [6.45, 7) is 5.38. The van der Waals surface area contributed by atoms with Crippen molar-refractivity contribution in [3.8, 4) is 22.8 Å². The monoisotopic (exact) mass is 689 g/mol. The Morgan fingerprint density at radius 1 is 0.960 bits per heavy atom. The molecule has 12 heteroatoms. The van der Waals surface area contributed by atoms with Crippen molar-refractivity contribution in [2.24, 2.45) is 0 Å². The molecular weight excluding hydrogens is 640 g/mol. The second-order valence-electron chi connectivity index (χ2n) is 14.2. The van der Waals surface area contributed by atoms with Crippen molar-refractivity contribution < 1.29 is 43.4 Å². The molecule has 2 saturated heterocycles. The number of aliphatic carboxylic acids is 1. The number of nitrogens with one attached hydrogen (secondary N) is 3. The molecular formula is C38H49N4O8+. The molecule has 5 rings (SSSR count). The number of methoxy groups -OCH3 is 1. The number of carbonyl (C=O) groups is 4. The molecule has 3 amide bonds. The fourth-order valence-electron chi connectivity index (χ4n) is 6.72. The van der Waals surface area contributed by atoms with Crippen molar-refractivity contribution in [2.75, 3.05) is 13.7 Å². The average Bonchev–Trinajstić information content (AvgIpc) is 3.50. The van der Waals surface area contributed by atoms with Gasteiger partial charge in [0.25, 0.3) is 5.91 Å². The molecule has 0 spiro atoms. The molecule has 2 unspecified atom stereocenters. The molecule has 0 saturated carbocycles. The lowest BCUT2D eigenvalue weighted by Crippen LogP contribution is -3.19. The van der Waals surface area contributed by atoms with Gasteiger partial charge in [0.05, 0.1) is 24.7 Å². The normalized spacial score (nSPS) is 23.9. The van der Waals surface area contributed by atoms with Crippen LogP contribution in [0.3, 0.4) is 0 Å². The van der Waals surface area contributed by atoms with Crippen LogP contribution < -0.4 is 25.0 Å². The predicted octanol–water partition coefficient (Wildman–Crippen LogP) is 4.44. The molecule has 0 radical (unpaired) electrons. The number of carbonyl (C=O) groups excluding carboxylic acids is 3. The van der Waals surface area contributed by atoms with Crippen LogP contribution in [0.2, 0.25) is 0 Å². The number of rotatable bonds is 6. The summed E-state index contributed by atoms with van der Waals surface area (Å²) >= 11 is 0. The zero-order valence-electron chi connectivity index (χ0n) is 29.3. The van der Waals surface area contributed by atoms with Gasteiger partial charge in [-0.1, -0.05) is 68.9 Å². The molecule has 0 aliphatic carbocycles. The van der Waals surface area contributed by atoms with Gasteiger partial charge in [-0.2, -0.15) is 0 Å². The molecule has 12 nitrogen and oxygen atoms in total. The molecule has 1 aromatic heterocycles. The van der Waals surface area contributed by atoms with Gasteiger partial charge in [-0.05, 0) is 45.7 Å². The highest BCUT2D eigenvalue weighted by Crippen LogP contribution is 2.33. The summed E-state index contributed by atoms with van der Waals surface area (Å²) in [5, 5.41) is 16.2. The Bertz CT molecular complexity index is 1670. The summed E-state index contributed by atoms with van der Waals surface area (Å²) in [6, 6.07) is 14.1. The van der Waals surface area contributed by atoms with Gasteiger partial charge in [0.15, 0.2) is 12.1 Å². The Morgan fingerprint density at radius 3 is 2.34 bits per heavy atom. The van der Waals surface area contributed by atoms with E-state index in [0.717, 1.165) is 36.6 Å². The number of nitrogens with zero attached hydrogens (tertiary/aromatic N) is 1. The van der Waals surface area contributed by atoms with Crippen LogP contribution >= 0.6 is 0 Å². The maximum absolute atomic E-state index is 14.4. The molecule has 3 aromatic rings. The van der Waals surface area contributed by atoms with Crippen LogP contribution in [0.15, 0.2) is 54.6 Å². The second kappa shape index (κ2) is 16.3. The quantitative estimate of drug-likeness (QED) is 0.294. The SMILES string of the molecule is COc1ccc2c(O[C@@H]3CC4C(=O)N[C@@H](C(=O)O)CCCCCCCC[C@H](NC(=O)OC(C)(C)C)C(=O)[NH+]4C3)cc(-c3ccccc3)nc2c1. The van der Waals surface area contributed by atoms with Gasteiger partial charge in [0, 0.05) is 23.1 Å². The highest BCUT2D eigenvalue weighted by molar-refractivity contribution is 5.90. The smallest absolute Gasteiger partial charge is 0.408 e. The Balaban J connectivity index is 1.49. The van der Waals surface area contributed by atoms with Crippen LogP contribution in [-0.4, -0.2) is 77.5 Å². The number of quaternary nitrogens is 1. The largest absolute Gasteiger partial charge is 0.497 e. The fraction of sp³-hybridized carbons (Fsp3) is 0.500. The first-order valence-corrected chi connectivity index (χ1v) is 17.6. The van der Waals surface area contributed by atoms with E-state index in [4.69, 9.17) is 19.2 Å². The topological polar surface area (TPSA) is 158 Å². The number of pyridine rings is 1. The lowest BCUT2D eigenvalue weighted by atomic mass is 10.0. The van der Waals surface area contributed by atoms with E-state index < -0.39 is 47.8 Å². The number of hydrogen-bond donors (Lipinski definition) is 4. The minimum atomic E-state index is -1.11. The number of benzene rings is 2. The molecule has 2 aliphatic heterocycles. The molecule has 50 heavy (non-hydrogen) atoms. The van der Waals surface area contributed by atoms with Crippen LogP contribution in [-0.2, 0) is 19.1 Å². The second-order valence-corrected chi connectivity index (χ2v) is 14.2. The number of ether oxygens (including phenoxy) is 3. The van der Waals surface area contributed by atoms with Crippen molar-refractivity contribution in [3.63, 3.8) is 0 Å².